The average Bonchev–Trinajstić information content (AvgIpc) is 3.18. The first kappa shape index (κ1) is 23.8. The Morgan fingerprint density at radius 3 is 1.11 bits per heavy atom. The van der Waals surface area contributed by atoms with Crippen LogP contribution in [-0.2, 0) is 0 Å². The number of benzene rings is 4. The molecule has 0 atom stereocenters. The zero-order valence-corrected chi connectivity index (χ0v) is 22.0. The van der Waals surface area contributed by atoms with E-state index in [4.69, 9.17) is 0 Å². The van der Waals surface area contributed by atoms with Crippen LogP contribution in [0.1, 0.15) is 22.3 Å². The van der Waals surface area contributed by atoms with Crippen LogP contribution in [0.4, 0.5) is 0 Å². The Hall–Kier alpha value is -3.90. The topological polar surface area (TPSA) is 20.2 Å². The van der Waals surface area contributed by atoms with Crippen molar-refractivity contribution in [1.82, 2.24) is 0 Å². The van der Waals surface area contributed by atoms with Gasteiger partial charge in [-0.2, -0.15) is 0 Å². The van der Waals surface area contributed by atoms with Crippen molar-refractivity contribution >= 4 is 30.4 Å². The second-order valence-corrected chi connectivity index (χ2v) is 14.9. The predicted octanol–water partition coefficient (Wildman–Crippen LogP) is 7.83. The molecule has 0 amide bonds. The fraction of sp³-hybridized carbons (Fsp3) is 0.118. The van der Waals surface area contributed by atoms with Crippen molar-refractivity contribution in [2.24, 2.45) is 0 Å². The van der Waals surface area contributed by atoms with E-state index < -0.39 is 13.7 Å². The molecule has 1 aliphatic rings. The molecule has 2 heteroatoms. The molecule has 0 spiro atoms. The van der Waals surface area contributed by atoms with E-state index in [-0.39, 0.29) is 0 Å². The molecule has 0 saturated heterocycles. The highest BCUT2D eigenvalue weighted by molar-refractivity contribution is 6.83. The Labute approximate surface area is 215 Å². The zero-order valence-electron chi connectivity index (χ0n) is 21.0. The molecular formula is C34H30OSi. The first-order valence-corrected chi connectivity index (χ1v) is 15.9. The molecule has 36 heavy (non-hydrogen) atoms. The van der Waals surface area contributed by atoms with E-state index in [0.717, 1.165) is 44.5 Å². The van der Waals surface area contributed by atoms with E-state index >= 15 is 0 Å². The van der Waals surface area contributed by atoms with Gasteiger partial charge in [0.15, 0.2) is 5.60 Å². The van der Waals surface area contributed by atoms with E-state index in [0.29, 0.717) is 0 Å². The number of aliphatic hydroxyl groups is 1. The Bertz CT molecular complexity index is 1380. The monoisotopic (exact) mass is 482 g/mol. The lowest BCUT2D eigenvalue weighted by Crippen LogP contribution is -2.30. The van der Waals surface area contributed by atoms with Gasteiger partial charge in [-0.1, -0.05) is 147 Å². The molecule has 5 rings (SSSR count). The van der Waals surface area contributed by atoms with Crippen molar-refractivity contribution in [3.05, 3.63) is 144 Å². The van der Waals surface area contributed by atoms with Gasteiger partial charge in [0.2, 0.25) is 0 Å². The first-order chi connectivity index (χ1) is 17.4. The summed E-state index contributed by atoms with van der Waals surface area (Å²) in [6, 6.07) is 41.2. The smallest absolute Gasteiger partial charge is 0.178 e. The maximum absolute atomic E-state index is 12.9. The van der Waals surface area contributed by atoms with Crippen molar-refractivity contribution in [3.63, 3.8) is 0 Å². The number of hydrogen-bond donors (Lipinski definition) is 1. The lowest BCUT2D eigenvalue weighted by Gasteiger charge is -2.27. The van der Waals surface area contributed by atoms with Crippen LogP contribution >= 0.6 is 0 Å². The number of allylic oxidation sites excluding steroid dienone is 2. The van der Waals surface area contributed by atoms with Gasteiger partial charge >= 0.3 is 0 Å². The Morgan fingerprint density at radius 1 is 0.500 bits per heavy atom. The maximum Gasteiger partial charge on any atom is 0.178 e. The Morgan fingerprint density at radius 2 is 0.806 bits per heavy atom. The minimum Gasteiger partial charge on any atom is -0.369 e. The molecule has 0 bridgehead atoms. The molecule has 176 valence electrons. The molecule has 1 aliphatic carbocycles. The molecular weight excluding hydrogens is 452 g/mol. The number of rotatable bonds is 4. The van der Waals surface area contributed by atoms with E-state index in [1.165, 1.54) is 0 Å². The standard InChI is InChI=1S/C34H30OSi/c1-36(2,3)25-24-34(35)32(28-20-12-6-13-21-28)30(26-16-8-4-9-17-26)31(27-18-10-5-11-19-27)33(34)29-22-14-7-15-23-29/h4-23,35H,1-3H3. The van der Waals surface area contributed by atoms with Crippen LogP contribution in [0.25, 0.3) is 22.3 Å². The lowest BCUT2D eigenvalue weighted by atomic mass is 9.82. The van der Waals surface area contributed by atoms with Crippen molar-refractivity contribution in [2.45, 2.75) is 25.2 Å². The predicted molar refractivity (Wildman–Crippen MR) is 155 cm³/mol. The zero-order chi connectivity index (χ0) is 25.2. The van der Waals surface area contributed by atoms with Gasteiger partial charge in [0.1, 0.15) is 8.07 Å². The molecule has 0 saturated carbocycles. The molecule has 1 N–H and O–H groups in total. The SMILES string of the molecule is C[Si](C)(C)C#CC1(O)C(c2ccccc2)=C(c2ccccc2)C(c2ccccc2)=C1c1ccccc1. The molecule has 1 nitrogen and oxygen atoms in total. The van der Waals surface area contributed by atoms with Crippen molar-refractivity contribution in [1.29, 1.82) is 0 Å². The summed E-state index contributed by atoms with van der Waals surface area (Å²) in [5, 5.41) is 12.9. The normalized spacial score (nSPS) is 15.0. The first-order valence-electron chi connectivity index (χ1n) is 12.4. The summed E-state index contributed by atoms with van der Waals surface area (Å²) < 4.78 is 0. The van der Waals surface area contributed by atoms with Crippen LogP contribution in [0, 0.1) is 11.5 Å². The van der Waals surface area contributed by atoms with Crippen LogP contribution in [-0.4, -0.2) is 18.8 Å². The summed E-state index contributed by atoms with van der Waals surface area (Å²) in [7, 11) is -1.80. The molecule has 4 aromatic carbocycles. The van der Waals surface area contributed by atoms with Crippen LogP contribution < -0.4 is 0 Å². The van der Waals surface area contributed by atoms with Gasteiger partial charge in [-0.15, -0.1) is 5.54 Å². The molecule has 0 radical (unpaired) electrons. The maximum atomic E-state index is 12.9. The fourth-order valence-electron chi connectivity index (χ4n) is 4.84. The van der Waals surface area contributed by atoms with Crippen molar-refractivity contribution in [3.8, 4) is 11.5 Å². The van der Waals surface area contributed by atoms with E-state index in [9.17, 15) is 5.11 Å². The van der Waals surface area contributed by atoms with Crippen molar-refractivity contribution in [2.75, 3.05) is 0 Å². The van der Waals surface area contributed by atoms with Gasteiger partial charge in [-0.25, -0.2) is 0 Å². The summed E-state index contributed by atoms with van der Waals surface area (Å²) in [6.07, 6.45) is 0. The molecule has 0 unspecified atom stereocenters. The van der Waals surface area contributed by atoms with E-state index in [1.54, 1.807) is 0 Å². The second kappa shape index (κ2) is 9.63. The van der Waals surface area contributed by atoms with Gasteiger partial charge < -0.3 is 5.11 Å². The minimum absolute atomic E-state index is 0.845. The molecule has 0 fully saturated rings. The summed E-state index contributed by atoms with van der Waals surface area (Å²) in [5.74, 6) is 3.45. The van der Waals surface area contributed by atoms with Gasteiger partial charge in [0.25, 0.3) is 0 Å². The summed E-state index contributed by atoms with van der Waals surface area (Å²) in [5.41, 5.74) is 9.87. The summed E-state index contributed by atoms with van der Waals surface area (Å²) in [4.78, 5) is 0. The lowest BCUT2D eigenvalue weighted by molar-refractivity contribution is 0.226. The highest BCUT2D eigenvalue weighted by Crippen LogP contribution is 2.56. The summed E-state index contributed by atoms with van der Waals surface area (Å²) in [6.45, 7) is 6.64. The fourth-order valence-corrected chi connectivity index (χ4v) is 5.40. The molecule has 0 heterocycles. The highest BCUT2D eigenvalue weighted by Gasteiger charge is 2.46. The van der Waals surface area contributed by atoms with Crippen LogP contribution in [0.15, 0.2) is 121 Å². The third-order valence-corrected chi connectivity index (χ3v) is 7.22. The van der Waals surface area contributed by atoms with E-state index in [1.807, 2.05) is 48.5 Å². The molecule has 0 aliphatic heterocycles. The van der Waals surface area contributed by atoms with Crippen LogP contribution in [0.3, 0.4) is 0 Å². The van der Waals surface area contributed by atoms with Gasteiger partial charge in [0, 0.05) is 11.1 Å². The third kappa shape index (κ3) is 4.52. The molecule has 4 aromatic rings. The highest BCUT2D eigenvalue weighted by atomic mass is 28.3. The van der Waals surface area contributed by atoms with Crippen LogP contribution in [0.5, 0.6) is 0 Å². The van der Waals surface area contributed by atoms with Crippen LogP contribution in [0.2, 0.25) is 19.6 Å². The Balaban J connectivity index is 1.98. The second-order valence-electron chi connectivity index (χ2n) is 10.2. The Kier molecular flexibility index (Phi) is 6.37. The van der Waals surface area contributed by atoms with Gasteiger partial charge in [-0.05, 0) is 33.4 Å². The van der Waals surface area contributed by atoms with Crippen molar-refractivity contribution < 1.29 is 5.11 Å². The largest absolute Gasteiger partial charge is 0.369 e. The van der Waals surface area contributed by atoms with Gasteiger partial charge in [0.05, 0.1) is 0 Å². The van der Waals surface area contributed by atoms with E-state index in [2.05, 4.69) is 104 Å². The molecule has 0 aromatic heterocycles. The quantitative estimate of drug-likeness (QED) is 0.232. The minimum atomic E-state index is -1.80. The summed E-state index contributed by atoms with van der Waals surface area (Å²) >= 11 is 0. The third-order valence-electron chi connectivity index (χ3n) is 6.34. The number of hydrogen-bond acceptors (Lipinski definition) is 1. The van der Waals surface area contributed by atoms with Gasteiger partial charge in [-0.3, -0.25) is 0 Å². The average molecular weight is 483 g/mol.